The minimum Gasteiger partial charge on any atom is -0.352 e. The molecule has 0 aliphatic carbocycles. The molecule has 0 bridgehead atoms. The second-order valence-electron chi connectivity index (χ2n) is 4.95. The number of nitrogens with zero attached hydrogens (tertiary/aromatic N) is 4. The van der Waals surface area contributed by atoms with Gasteiger partial charge in [-0.2, -0.15) is 4.98 Å². The number of aryl methyl sites for hydroxylation is 1. The van der Waals surface area contributed by atoms with Gasteiger partial charge in [-0.1, -0.05) is 5.16 Å². The lowest BCUT2D eigenvalue weighted by atomic mass is 10.2. The van der Waals surface area contributed by atoms with Crippen molar-refractivity contribution in [2.45, 2.75) is 13.3 Å². The first-order valence-electron chi connectivity index (χ1n) is 7.16. The van der Waals surface area contributed by atoms with Crippen LogP contribution >= 0.6 is 0 Å². The van der Waals surface area contributed by atoms with Gasteiger partial charge >= 0.3 is 0 Å². The van der Waals surface area contributed by atoms with Crippen molar-refractivity contribution >= 4 is 5.91 Å². The third-order valence-electron chi connectivity index (χ3n) is 3.18. The van der Waals surface area contributed by atoms with Crippen molar-refractivity contribution in [3.8, 4) is 11.5 Å². The van der Waals surface area contributed by atoms with Crippen LogP contribution in [0.15, 0.2) is 47.4 Å². The van der Waals surface area contributed by atoms with Gasteiger partial charge in [0.15, 0.2) is 5.82 Å². The fraction of sp³-hybridized carbons (Fsp3) is 0.188. The van der Waals surface area contributed by atoms with E-state index in [2.05, 4.69) is 25.4 Å². The van der Waals surface area contributed by atoms with Crippen LogP contribution in [0.3, 0.4) is 0 Å². The Morgan fingerprint density at radius 2 is 2.17 bits per heavy atom. The van der Waals surface area contributed by atoms with Crippen LogP contribution in [-0.2, 0) is 6.42 Å². The molecule has 0 radical (unpaired) electrons. The predicted molar refractivity (Wildman–Crippen MR) is 82.5 cm³/mol. The predicted octanol–water partition coefficient (Wildman–Crippen LogP) is 1.81. The zero-order valence-electron chi connectivity index (χ0n) is 12.6. The first-order valence-corrected chi connectivity index (χ1v) is 7.16. The number of pyridine rings is 2. The number of carbonyl (C=O) groups is 1. The topological polar surface area (TPSA) is 93.8 Å². The fourth-order valence-electron chi connectivity index (χ4n) is 1.95. The fourth-order valence-corrected chi connectivity index (χ4v) is 1.95. The van der Waals surface area contributed by atoms with E-state index in [9.17, 15) is 4.79 Å². The lowest BCUT2D eigenvalue weighted by Crippen LogP contribution is -2.26. The van der Waals surface area contributed by atoms with Gasteiger partial charge in [-0.15, -0.1) is 0 Å². The SMILES string of the molecule is Cc1ccc(C(=O)NCCc2noc(-c3cccnc3)n2)cn1. The van der Waals surface area contributed by atoms with Crippen LogP contribution in [0.1, 0.15) is 21.9 Å². The van der Waals surface area contributed by atoms with Gasteiger partial charge in [0.1, 0.15) is 0 Å². The number of carbonyl (C=O) groups excluding carboxylic acids is 1. The number of aromatic nitrogens is 4. The number of hydrogen-bond acceptors (Lipinski definition) is 6. The minimum atomic E-state index is -0.173. The average Bonchev–Trinajstić information content (AvgIpc) is 3.05. The lowest BCUT2D eigenvalue weighted by molar-refractivity contribution is 0.0953. The molecule has 0 aliphatic rings. The van der Waals surface area contributed by atoms with E-state index in [-0.39, 0.29) is 5.91 Å². The van der Waals surface area contributed by atoms with Crippen molar-refractivity contribution in [1.82, 2.24) is 25.4 Å². The van der Waals surface area contributed by atoms with Crippen LogP contribution in [0.4, 0.5) is 0 Å². The Balaban J connectivity index is 1.54. The smallest absolute Gasteiger partial charge is 0.259 e. The summed E-state index contributed by atoms with van der Waals surface area (Å²) < 4.78 is 5.18. The Labute approximate surface area is 132 Å². The van der Waals surface area contributed by atoms with Crippen molar-refractivity contribution in [3.63, 3.8) is 0 Å². The highest BCUT2D eigenvalue weighted by Gasteiger charge is 2.10. The summed E-state index contributed by atoms with van der Waals surface area (Å²) in [6.45, 7) is 2.29. The summed E-state index contributed by atoms with van der Waals surface area (Å²) in [5, 5.41) is 6.70. The molecule has 0 unspecified atom stereocenters. The van der Waals surface area contributed by atoms with Gasteiger partial charge in [-0.3, -0.25) is 14.8 Å². The zero-order valence-corrected chi connectivity index (χ0v) is 12.6. The van der Waals surface area contributed by atoms with Gasteiger partial charge in [-0.25, -0.2) is 0 Å². The van der Waals surface area contributed by atoms with E-state index < -0.39 is 0 Å². The largest absolute Gasteiger partial charge is 0.352 e. The molecule has 3 aromatic rings. The molecule has 0 aromatic carbocycles. The molecule has 7 nitrogen and oxygen atoms in total. The highest BCUT2D eigenvalue weighted by Crippen LogP contribution is 2.14. The molecule has 7 heteroatoms. The van der Waals surface area contributed by atoms with Crippen molar-refractivity contribution in [2.75, 3.05) is 6.54 Å². The second kappa shape index (κ2) is 6.78. The van der Waals surface area contributed by atoms with Gasteiger partial charge < -0.3 is 9.84 Å². The van der Waals surface area contributed by atoms with Crippen LogP contribution in [0.5, 0.6) is 0 Å². The van der Waals surface area contributed by atoms with Crippen molar-refractivity contribution in [3.05, 3.63) is 59.9 Å². The van der Waals surface area contributed by atoms with Gasteiger partial charge in [0, 0.05) is 37.3 Å². The maximum atomic E-state index is 11.9. The van der Waals surface area contributed by atoms with Crippen LogP contribution in [0.2, 0.25) is 0 Å². The molecule has 3 rings (SSSR count). The second-order valence-corrected chi connectivity index (χ2v) is 4.95. The molecule has 0 spiro atoms. The summed E-state index contributed by atoms with van der Waals surface area (Å²) >= 11 is 0. The van der Waals surface area contributed by atoms with E-state index in [0.717, 1.165) is 11.3 Å². The quantitative estimate of drug-likeness (QED) is 0.772. The first kappa shape index (κ1) is 14.8. The van der Waals surface area contributed by atoms with Crippen LogP contribution in [0, 0.1) is 6.92 Å². The standard InChI is InChI=1S/C16H15N5O2/c1-11-4-5-12(10-19-11)15(22)18-8-6-14-20-16(23-21-14)13-3-2-7-17-9-13/h2-5,7,9-10H,6,8H2,1H3,(H,18,22). The first-order chi connectivity index (χ1) is 11.2. The molecule has 0 atom stereocenters. The molecule has 23 heavy (non-hydrogen) atoms. The molecule has 1 amide bonds. The molecule has 0 fully saturated rings. The van der Waals surface area contributed by atoms with Crippen molar-refractivity contribution in [1.29, 1.82) is 0 Å². The van der Waals surface area contributed by atoms with E-state index in [1.54, 1.807) is 36.8 Å². The number of nitrogens with one attached hydrogen (secondary N) is 1. The van der Waals surface area contributed by atoms with Gasteiger partial charge in [0.05, 0.1) is 11.1 Å². The summed E-state index contributed by atoms with van der Waals surface area (Å²) in [4.78, 5) is 24.3. The van der Waals surface area contributed by atoms with Crippen LogP contribution in [0.25, 0.3) is 11.5 Å². The molecule has 0 saturated carbocycles. The van der Waals surface area contributed by atoms with Gasteiger partial charge in [-0.05, 0) is 31.2 Å². The third kappa shape index (κ3) is 3.76. The van der Waals surface area contributed by atoms with E-state index in [1.807, 2.05) is 13.0 Å². The Morgan fingerprint density at radius 1 is 1.26 bits per heavy atom. The van der Waals surface area contributed by atoms with E-state index in [4.69, 9.17) is 4.52 Å². The van der Waals surface area contributed by atoms with Crippen molar-refractivity contribution < 1.29 is 9.32 Å². The lowest BCUT2D eigenvalue weighted by Gasteiger charge is -2.03. The number of amides is 1. The summed E-state index contributed by atoms with van der Waals surface area (Å²) in [6, 6.07) is 7.19. The summed E-state index contributed by atoms with van der Waals surface area (Å²) in [5.41, 5.74) is 2.16. The molecule has 0 aliphatic heterocycles. The molecule has 0 saturated heterocycles. The highest BCUT2D eigenvalue weighted by atomic mass is 16.5. The van der Waals surface area contributed by atoms with Crippen molar-refractivity contribution in [2.24, 2.45) is 0 Å². The maximum Gasteiger partial charge on any atom is 0.259 e. The summed E-state index contributed by atoms with van der Waals surface area (Å²) in [5.74, 6) is 0.779. The van der Waals surface area contributed by atoms with E-state index in [1.165, 1.54) is 0 Å². The summed E-state index contributed by atoms with van der Waals surface area (Å²) in [7, 11) is 0. The maximum absolute atomic E-state index is 11.9. The summed E-state index contributed by atoms with van der Waals surface area (Å²) in [6.07, 6.45) is 5.37. The van der Waals surface area contributed by atoms with Gasteiger partial charge in [0.25, 0.3) is 11.8 Å². The van der Waals surface area contributed by atoms with Crippen LogP contribution < -0.4 is 5.32 Å². The Kier molecular flexibility index (Phi) is 4.37. The minimum absolute atomic E-state index is 0.173. The molecular weight excluding hydrogens is 294 g/mol. The van der Waals surface area contributed by atoms with Crippen LogP contribution in [-0.4, -0.2) is 32.6 Å². The van der Waals surface area contributed by atoms with E-state index >= 15 is 0 Å². The molecular formula is C16H15N5O2. The average molecular weight is 309 g/mol. The van der Waals surface area contributed by atoms with E-state index in [0.29, 0.717) is 30.2 Å². The molecule has 3 aromatic heterocycles. The Hall–Kier alpha value is -3.09. The molecule has 116 valence electrons. The number of rotatable bonds is 5. The number of hydrogen-bond donors (Lipinski definition) is 1. The zero-order chi connectivity index (χ0) is 16.1. The normalized spacial score (nSPS) is 10.5. The molecule has 1 N–H and O–H groups in total. The Bertz CT molecular complexity index is 784. The monoisotopic (exact) mass is 309 g/mol. The highest BCUT2D eigenvalue weighted by molar-refractivity contribution is 5.93. The van der Waals surface area contributed by atoms with Gasteiger partial charge in [0.2, 0.25) is 0 Å². The Morgan fingerprint density at radius 3 is 2.91 bits per heavy atom. The third-order valence-corrected chi connectivity index (χ3v) is 3.18. The molecule has 3 heterocycles.